The number of benzene rings is 2. The van der Waals surface area contributed by atoms with Gasteiger partial charge in [-0.1, -0.05) is 6.07 Å². The molecule has 2 N–H and O–H groups in total. The van der Waals surface area contributed by atoms with Crippen LogP contribution in [0.2, 0.25) is 0 Å². The van der Waals surface area contributed by atoms with Crippen molar-refractivity contribution in [1.29, 1.82) is 0 Å². The topological polar surface area (TPSA) is 139 Å². The van der Waals surface area contributed by atoms with Crippen molar-refractivity contribution >= 4 is 52.0 Å². The van der Waals surface area contributed by atoms with Crippen molar-refractivity contribution in [2.45, 2.75) is 17.8 Å². The van der Waals surface area contributed by atoms with Crippen molar-refractivity contribution in [2.24, 2.45) is 0 Å². The molecule has 2 atom stereocenters. The Labute approximate surface area is 228 Å². The minimum atomic E-state index is -1.24. The normalized spacial score (nSPS) is 18.9. The van der Waals surface area contributed by atoms with Crippen LogP contribution in [0.4, 0.5) is 0 Å². The van der Waals surface area contributed by atoms with Crippen LogP contribution < -0.4 is 15.5 Å². The molecule has 0 saturated carbocycles. The summed E-state index contributed by atoms with van der Waals surface area (Å²) >= 11 is 2.82. The van der Waals surface area contributed by atoms with Crippen LogP contribution in [0.5, 0.6) is 5.75 Å². The van der Waals surface area contributed by atoms with E-state index in [0.717, 1.165) is 4.88 Å². The van der Waals surface area contributed by atoms with Crippen molar-refractivity contribution in [3.63, 3.8) is 0 Å². The fraction of sp³-hybridized carbons (Fsp3) is 0.148. The number of carboxylic acids is 1. The predicted molar refractivity (Wildman–Crippen MR) is 144 cm³/mol. The molecule has 0 unspecified atom stereocenters. The maximum Gasteiger partial charge on any atom is 0.352 e. The smallest absolute Gasteiger partial charge is 0.352 e. The number of carbonyl (C=O) groups is 3. The molecule has 196 valence electrons. The van der Waals surface area contributed by atoms with Crippen LogP contribution in [0.1, 0.15) is 4.88 Å². The largest absolute Gasteiger partial charge is 0.477 e. The fourth-order valence-electron chi connectivity index (χ4n) is 4.42. The van der Waals surface area contributed by atoms with Crippen LogP contribution in [-0.4, -0.2) is 49.9 Å². The lowest BCUT2D eigenvalue weighted by Crippen LogP contribution is -2.70. The lowest BCUT2D eigenvalue weighted by atomic mass is 10.0. The molecule has 2 aromatic rings. The SMILES string of the molecule is O=C(Cc1cccs1)N[C@@H]1C(=O)N2C(C(=O)O)=C(C=COc3ccc4nc5ccc(=O)cc-5oc4c3)CS[C@H]12. The number of thioether (sulfide) groups is 1. The summed E-state index contributed by atoms with van der Waals surface area (Å²) in [5, 5.41) is 14.0. The Morgan fingerprint density at radius 2 is 2.08 bits per heavy atom. The van der Waals surface area contributed by atoms with E-state index in [1.165, 1.54) is 52.5 Å². The zero-order valence-corrected chi connectivity index (χ0v) is 21.7. The van der Waals surface area contributed by atoms with Gasteiger partial charge in [-0.05, 0) is 47.4 Å². The number of allylic oxidation sites excluding steroid dienone is 1. The molecule has 2 amide bonds. The summed E-state index contributed by atoms with van der Waals surface area (Å²) in [6.45, 7) is 0. The van der Waals surface area contributed by atoms with E-state index < -0.39 is 23.3 Å². The molecule has 4 aliphatic rings. The summed E-state index contributed by atoms with van der Waals surface area (Å²) < 4.78 is 11.5. The van der Waals surface area contributed by atoms with Gasteiger partial charge in [-0.15, -0.1) is 23.1 Å². The van der Waals surface area contributed by atoms with Crippen LogP contribution in [0.15, 0.2) is 86.7 Å². The first-order valence-corrected chi connectivity index (χ1v) is 13.7. The summed E-state index contributed by atoms with van der Waals surface area (Å²) in [4.78, 5) is 55.5. The van der Waals surface area contributed by atoms with Gasteiger partial charge in [0.15, 0.2) is 16.8 Å². The van der Waals surface area contributed by atoms with Gasteiger partial charge in [0, 0.05) is 22.8 Å². The highest BCUT2D eigenvalue weighted by Gasteiger charge is 2.53. The number of ether oxygens (including phenoxy) is 1. The summed E-state index contributed by atoms with van der Waals surface area (Å²) in [6.07, 6.45) is 3.02. The molecule has 1 aromatic carbocycles. The fourth-order valence-corrected chi connectivity index (χ4v) is 6.44. The Balaban J connectivity index is 1.17. The minimum Gasteiger partial charge on any atom is -0.477 e. The summed E-state index contributed by atoms with van der Waals surface area (Å²) in [5.74, 6) is -0.907. The molecular formula is C27H19N3O7S2. The number of nitrogens with zero attached hydrogens (tertiary/aromatic N) is 2. The van der Waals surface area contributed by atoms with Crippen LogP contribution >= 0.6 is 23.1 Å². The Morgan fingerprint density at radius 1 is 1.21 bits per heavy atom. The molecule has 1 fully saturated rings. The van der Waals surface area contributed by atoms with Crippen molar-refractivity contribution in [3.8, 4) is 17.2 Å². The molecule has 1 aromatic heterocycles. The lowest BCUT2D eigenvalue weighted by molar-refractivity contribution is -0.150. The third-order valence-electron chi connectivity index (χ3n) is 6.23. The highest BCUT2D eigenvalue weighted by atomic mass is 32.2. The number of nitrogens with one attached hydrogen (secondary N) is 1. The zero-order chi connectivity index (χ0) is 27.1. The van der Waals surface area contributed by atoms with Gasteiger partial charge in [0.25, 0.3) is 5.91 Å². The van der Waals surface area contributed by atoms with Gasteiger partial charge in [-0.3, -0.25) is 19.3 Å². The molecule has 0 radical (unpaired) electrons. The number of β-lactam (4-membered cyclic amide) rings is 1. The van der Waals surface area contributed by atoms with E-state index in [2.05, 4.69) is 10.3 Å². The molecule has 0 spiro atoms. The molecule has 1 saturated heterocycles. The number of thiophene rings is 1. The summed E-state index contributed by atoms with van der Waals surface area (Å²) in [5.41, 5.74) is 1.63. The van der Waals surface area contributed by atoms with Crippen molar-refractivity contribution in [1.82, 2.24) is 15.2 Å². The first-order valence-electron chi connectivity index (χ1n) is 11.8. The number of hydrogen-bond donors (Lipinski definition) is 2. The van der Waals surface area contributed by atoms with E-state index in [1.54, 1.807) is 24.3 Å². The zero-order valence-electron chi connectivity index (χ0n) is 20.0. The van der Waals surface area contributed by atoms with Gasteiger partial charge in [0.2, 0.25) is 5.91 Å². The molecule has 1 aliphatic carbocycles. The number of carboxylic acid groups (broad SMARTS) is 1. The highest BCUT2D eigenvalue weighted by molar-refractivity contribution is 8.00. The average molecular weight is 562 g/mol. The molecule has 12 heteroatoms. The number of aliphatic carboxylic acids is 1. The number of fused-ring (bicyclic) bond motifs is 3. The lowest BCUT2D eigenvalue weighted by Gasteiger charge is -2.49. The van der Waals surface area contributed by atoms with Crippen LogP contribution in [0.25, 0.3) is 22.6 Å². The van der Waals surface area contributed by atoms with E-state index in [4.69, 9.17) is 9.15 Å². The molecule has 10 nitrogen and oxygen atoms in total. The number of carbonyl (C=O) groups excluding carboxylic acids is 2. The van der Waals surface area contributed by atoms with E-state index in [9.17, 15) is 24.3 Å². The summed E-state index contributed by atoms with van der Waals surface area (Å²) in [7, 11) is 0. The molecule has 0 bridgehead atoms. The predicted octanol–water partition coefficient (Wildman–Crippen LogP) is 3.23. The van der Waals surface area contributed by atoms with Crippen molar-refractivity contribution in [2.75, 3.05) is 5.75 Å². The molecule has 6 rings (SSSR count). The second-order valence-electron chi connectivity index (χ2n) is 8.78. The van der Waals surface area contributed by atoms with Crippen molar-refractivity contribution in [3.05, 3.63) is 92.6 Å². The molecule has 39 heavy (non-hydrogen) atoms. The Kier molecular flexibility index (Phi) is 6.41. The van der Waals surface area contributed by atoms with Gasteiger partial charge in [0.1, 0.15) is 34.1 Å². The third-order valence-corrected chi connectivity index (χ3v) is 8.41. The number of hydrogen-bond acceptors (Lipinski definition) is 9. The van der Waals surface area contributed by atoms with Gasteiger partial charge in [-0.25, -0.2) is 9.78 Å². The van der Waals surface area contributed by atoms with Crippen molar-refractivity contribution < 1.29 is 28.6 Å². The standard InChI is InChI=1S/C27H19N3O7S2/c31-15-3-5-18-20(10-15)37-21-11-16(4-6-19(21)28-18)36-8-7-14-13-39-26-23(25(33)30(26)24(14)27(34)35)29-22(32)12-17-2-1-9-38-17/h1-11,23,26H,12-13H2,(H,29,32)(H,34,35)/t23-,26-/m1/s1. The second-order valence-corrected chi connectivity index (χ2v) is 10.9. The number of rotatable bonds is 7. The average Bonchev–Trinajstić information content (AvgIpc) is 3.43. The molecule has 3 aliphatic heterocycles. The first kappa shape index (κ1) is 24.9. The van der Waals surface area contributed by atoms with E-state index in [0.29, 0.717) is 39.6 Å². The van der Waals surface area contributed by atoms with Crippen LogP contribution in [-0.2, 0) is 20.8 Å². The Morgan fingerprint density at radius 3 is 2.87 bits per heavy atom. The Hall–Kier alpha value is -4.42. The molecule has 4 heterocycles. The van der Waals surface area contributed by atoms with Gasteiger partial charge in [-0.2, -0.15) is 0 Å². The number of aromatic nitrogens is 1. The van der Waals surface area contributed by atoms with E-state index in [-0.39, 0.29) is 23.5 Å². The number of amides is 2. The van der Waals surface area contributed by atoms with Gasteiger partial charge >= 0.3 is 5.97 Å². The van der Waals surface area contributed by atoms with Gasteiger partial charge < -0.3 is 19.6 Å². The van der Waals surface area contributed by atoms with Gasteiger partial charge in [0.05, 0.1) is 12.7 Å². The van der Waals surface area contributed by atoms with E-state index >= 15 is 0 Å². The maximum atomic E-state index is 12.8. The van der Waals surface area contributed by atoms with Crippen LogP contribution in [0, 0.1) is 0 Å². The minimum absolute atomic E-state index is 0.134. The summed E-state index contributed by atoms with van der Waals surface area (Å²) in [6, 6.07) is 12.3. The maximum absolute atomic E-state index is 12.8. The highest BCUT2D eigenvalue weighted by Crippen LogP contribution is 2.40. The Bertz CT molecular complexity index is 1710. The first-order chi connectivity index (χ1) is 18.9. The van der Waals surface area contributed by atoms with E-state index in [1.807, 2.05) is 17.5 Å². The van der Waals surface area contributed by atoms with Crippen LogP contribution in [0.3, 0.4) is 0 Å². The monoisotopic (exact) mass is 561 g/mol. The quantitative estimate of drug-likeness (QED) is 0.198. The molecular weight excluding hydrogens is 542 g/mol. The second kappa shape index (κ2) is 10.0. The third kappa shape index (κ3) is 4.79.